The zero-order chi connectivity index (χ0) is 24.3. The monoisotopic (exact) mass is 460 g/mol. The van der Waals surface area contributed by atoms with E-state index in [0.717, 1.165) is 37.2 Å². The van der Waals surface area contributed by atoms with Crippen LogP contribution < -0.4 is 0 Å². The Bertz CT molecular complexity index is 1060. The molecule has 5 rings (SSSR count). The number of carbonyl (C=O) groups excluding carboxylic acids is 2. The van der Waals surface area contributed by atoms with Gasteiger partial charge < -0.3 is 5.11 Å². The van der Waals surface area contributed by atoms with Crippen molar-refractivity contribution in [3.63, 3.8) is 0 Å². The molecule has 0 aromatic heterocycles. The van der Waals surface area contributed by atoms with E-state index in [1.807, 2.05) is 31.2 Å². The van der Waals surface area contributed by atoms with Gasteiger partial charge in [-0.25, -0.2) is 0 Å². The number of hydrogen-bond donors (Lipinski definition) is 1. The van der Waals surface area contributed by atoms with E-state index in [9.17, 15) is 14.7 Å². The summed E-state index contributed by atoms with van der Waals surface area (Å²) in [7, 11) is 0. The summed E-state index contributed by atoms with van der Waals surface area (Å²) in [6.07, 6.45) is 9.62. The highest BCUT2D eigenvalue weighted by Gasteiger charge is 2.61. The zero-order valence-corrected chi connectivity index (χ0v) is 21.3. The first-order valence-electron chi connectivity index (χ1n) is 13.4. The fourth-order valence-corrected chi connectivity index (χ4v) is 9.03. The first kappa shape index (κ1) is 23.8. The van der Waals surface area contributed by atoms with Gasteiger partial charge in [-0.1, -0.05) is 37.8 Å². The Morgan fingerprint density at radius 1 is 0.941 bits per heavy atom. The van der Waals surface area contributed by atoms with Gasteiger partial charge in [0.25, 0.3) is 0 Å². The van der Waals surface area contributed by atoms with E-state index in [1.165, 1.54) is 32.1 Å². The van der Waals surface area contributed by atoms with Gasteiger partial charge in [0.05, 0.1) is 0 Å². The van der Waals surface area contributed by atoms with Gasteiger partial charge in [-0.15, -0.1) is 0 Å². The van der Waals surface area contributed by atoms with Crippen LogP contribution in [0.5, 0.6) is 0 Å². The van der Waals surface area contributed by atoms with Crippen LogP contribution in [0.2, 0.25) is 0 Å². The van der Waals surface area contributed by atoms with Crippen molar-refractivity contribution in [2.75, 3.05) is 0 Å². The van der Waals surface area contributed by atoms with Crippen LogP contribution >= 0.6 is 0 Å². The summed E-state index contributed by atoms with van der Waals surface area (Å²) in [5, 5.41) is 11.5. The third-order valence-corrected chi connectivity index (χ3v) is 10.9. The molecule has 3 heteroatoms. The van der Waals surface area contributed by atoms with E-state index >= 15 is 0 Å². The SMILES string of the molecule is CC(=O)c1cccc(C#C[C@@]2(O)CC[C@@]3(C)[C@H](CC[C@@H]4[C@@H]3CC[C@]3(C)[C@@H](C(C)=O)CC[C@@H]43)C2)c1. The molecule has 34 heavy (non-hydrogen) atoms. The van der Waals surface area contributed by atoms with Crippen molar-refractivity contribution in [2.24, 2.45) is 40.4 Å². The quantitative estimate of drug-likeness (QED) is 0.421. The van der Waals surface area contributed by atoms with Crippen molar-refractivity contribution in [2.45, 2.75) is 91.1 Å². The van der Waals surface area contributed by atoms with E-state index in [0.29, 0.717) is 29.1 Å². The molecule has 0 aliphatic heterocycles. The van der Waals surface area contributed by atoms with Gasteiger partial charge in [0.1, 0.15) is 11.4 Å². The normalized spacial score (nSPS) is 43.0. The number of Topliss-reactive ketones (excluding diaryl/α,β-unsaturated/α-hetero) is 2. The van der Waals surface area contributed by atoms with Crippen LogP contribution in [0.15, 0.2) is 24.3 Å². The minimum Gasteiger partial charge on any atom is -0.378 e. The maximum Gasteiger partial charge on any atom is 0.159 e. The fraction of sp³-hybridized carbons (Fsp3) is 0.677. The second kappa shape index (κ2) is 8.34. The summed E-state index contributed by atoms with van der Waals surface area (Å²) in [5.74, 6) is 9.73. The average molecular weight is 461 g/mol. The van der Waals surface area contributed by atoms with Crippen molar-refractivity contribution in [1.29, 1.82) is 0 Å². The molecule has 4 saturated carbocycles. The van der Waals surface area contributed by atoms with Crippen molar-refractivity contribution in [3.05, 3.63) is 35.4 Å². The number of ketones is 2. The zero-order valence-electron chi connectivity index (χ0n) is 21.3. The molecule has 1 aromatic rings. The lowest BCUT2D eigenvalue weighted by molar-refractivity contribution is -0.144. The minimum absolute atomic E-state index is 0.0352. The number of rotatable bonds is 2. The smallest absolute Gasteiger partial charge is 0.159 e. The molecule has 0 saturated heterocycles. The lowest BCUT2D eigenvalue weighted by atomic mass is 9.44. The van der Waals surface area contributed by atoms with Crippen LogP contribution in [-0.2, 0) is 4.79 Å². The van der Waals surface area contributed by atoms with Crippen LogP contribution in [0.25, 0.3) is 0 Å². The first-order chi connectivity index (χ1) is 16.1. The Labute approximate surface area is 205 Å². The molecule has 4 aliphatic carbocycles. The number of aliphatic hydroxyl groups is 1. The summed E-state index contributed by atoms with van der Waals surface area (Å²) >= 11 is 0. The molecule has 3 nitrogen and oxygen atoms in total. The standard InChI is InChI=1S/C31H40O3/c1-20(32)23-7-5-6-22(18-23)12-15-31(34)17-16-29(3)24(19-31)8-9-25-27-11-10-26(21(2)33)30(27,4)14-13-28(25)29/h5-7,18,24-28,34H,8-11,13-14,16-17,19H2,1-4H3/t24-,25+,26-,27+,28+,29+,30-,31-/m1/s1. The van der Waals surface area contributed by atoms with Gasteiger partial charge >= 0.3 is 0 Å². The Morgan fingerprint density at radius 2 is 1.71 bits per heavy atom. The Morgan fingerprint density at radius 3 is 2.44 bits per heavy atom. The summed E-state index contributed by atoms with van der Waals surface area (Å²) in [5.41, 5.74) is 0.981. The second-order valence-corrected chi connectivity index (χ2v) is 12.6. The molecule has 4 aliphatic rings. The lowest BCUT2D eigenvalue weighted by Crippen LogP contribution is -2.56. The molecule has 0 unspecified atom stereocenters. The van der Waals surface area contributed by atoms with Crippen LogP contribution in [0.1, 0.15) is 101 Å². The van der Waals surface area contributed by atoms with Gasteiger partial charge in [-0.3, -0.25) is 9.59 Å². The molecule has 1 N–H and O–H groups in total. The maximum atomic E-state index is 12.4. The van der Waals surface area contributed by atoms with E-state index in [1.54, 1.807) is 6.92 Å². The lowest BCUT2D eigenvalue weighted by Gasteiger charge is -2.61. The van der Waals surface area contributed by atoms with Crippen LogP contribution in [0, 0.1) is 52.3 Å². The maximum absolute atomic E-state index is 12.4. The molecule has 0 spiro atoms. The van der Waals surface area contributed by atoms with E-state index < -0.39 is 5.60 Å². The van der Waals surface area contributed by atoms with Gasteiger partial charge in [0.15, 0.2) is 5.78 Å². The van der Waals surface area contributed by atoms with E-state index in [4.69, 9.17) is 0 Å². The highest BCUT2D eigenvalue weighted by atomic mass is 16.3. The molecular weight excluding hydrogens is 420 g/mol. The summed E-state index contributed by atoms with van der Waals surface area (Å²) in [6.45, 7) is 8.29. The van der Waals surface area contributed by atoms with Gasteiger partial charge in [0.2, 0.25) is 0 Å². The highest BCUT2D eigenvalue weighted by molar-refractivity contribution is 5.94. The Kier molecular flexibility index (Phi) is 5.84. The number of benzene rings is 1. The molecule has 8 atom stereocenters. The van der Waals surface area contributed by atoms with Crippen molar-refractivity contribution >= 4 is 11.6 Å². The number of hydrogen-bond acceptors (Lipinski definition) is 3. The van der Waals surface area contributed by atoms with Gasteiger partial charge in [0, 0.05) is 17.0 Å². The third-order valence-electron chi connectivity index (χ3n) is 10.9. The molecule has 0 bridgehead atoms. The molecule has 0 heterocycles. The van der Waals surface area contributed by atoms with Crippen molar-refractivity contribution < 1.29 is 14.7 Å². The Hall–Kier alpha value is -1.92. The molecular formula is C31H40O3. The summed E-state index contributed by atoms with van der Waals surface area (Å²) in [6, 6.07) is 7.41. The third kappa shape index (κ3) is 3.78. The average Bonchev–Trinajstić information content (AvgIpc) is 3.16. The van der Waals surface area contributed by atoms with Gasteiger partial charge in [-0.2, -0.15) is 0 Å². The van der Waals surface area contributed by atoms with E-state index in [-0.39, 0.29) is 22.5 Å². The Balaban J connectivity index is 1.34. The molecule has 182 valence electrons. The fourth-order valence-electron chi connectivity index (χ4n) is 9.03. The van der Waals surface area contributed by atoms with Crippen LogP contribution in [0.4, 0.5) is 0 Å². The molecule has 0 radical (unpaired) electrons. The second-order valence-electron chi connectivity index (χ2n) is 12.6. The minimum atomic E-state index is -0.945. The van der Waals surface area contributed by atoms with Crippen LogP contribution in [0.3, 0.4) is 0 Å². The predicted molar refractivity (Wildman–Crippen MR) is 134 cm³/mol. The topological polar surface area (TPSA) is 54.4 Å². The highest BCUT2D eigenvalue weighted by Crippen LogP contribution is 2.68. The molecule has 0 amide bonds. The van der Waals surface area contributed by atoms with Gasteiger partial charge in [-0.05, 0) is 118 Å². The number of fused-ring (bicyclic) bond motifs is 5. The van der Waals surface area contributed by atoms with Crippen molar-refractivity contribution in [3.8, 4) is 11.8 Å². The largest absolute Gasteiger partial charge is 0.378 e. The molecule has 1 aromatic carbocycles. The van der Waals surface area contributed by atoms with Crippen molar-refractivity contribution in [1.82, 2.24) is 0 Å². The molecule has 4 fully saturated rings. The van der Waals surface area contributed by atoms with E-state index in [2.05, 4.69) is 25.7 Å². The first-order valence-corrected chi connectivity index (χ1v) is 13.4. The van der Waals surface area contributed by atoms with Crippen LogP contribution in [-0.4, -0.2) is 22.3 Å². The predicted octanol–water partition coefficient (Wildman–Crippen LogP) is 6.22. The summed E-state index contributed by atoms with van der Waals surface area (Å²) < 4.78 is 0. The number of carbonyl (C=O) groups is 2. The summed E-state index contributed by atoms with van der Waals surface area (Å²) in [4.78, 5) is 24.1.